The molecule has 2 atom stereocenters. The smallest absolute Gasteiger partial charge is 0.351 e. The van der Waals surface area contributed by atoms with Gasteiger partial charge in [-0.3, -0.25) is 4.79 Å². The first-order valence-corrected chi connectivity index (χ1v) is 11.4. The molecule has 1 aliphatic heterocycles. The fraction of sp³-hybridized carbons (Fsp3) is 0.273. The van der Waals surface area contributed by atoms with Crippen LogP contribution in [-0.2, 0) is 28.5 Å². The molecule has 2 unspecified atom stereocenters. The lowest BCUT2D eigenvalue weighted by molar-refractivity contribution is -0.137. The van der Waals surface area contributed by atoms with E-state index in [0.717, 1.165) is 23.0 Å². The van der Waals surface area contributed by atoms with E-state index in [1.165, 1.54) is 34.6 Å². The van der Waals surface area contributed by atoms with Gasteiger partial charge in [0, 0.05) is 19.3 Å². The average molecular weight is 498 g/mol. The second-order valence-electron chi connectivity index (χ2n) is 7.71. The molecule has 1 saturated heterocycles. The van der Waals surface area contributed by atoms with E-state index < -0.39 is 46.3 Å². The molecule has 2 aromatic carbocycles. The van der Waals surface area contributed by atoms with Crippen LogP contribution in [0.3, 0.4) is 0 Å². The highest BCUT2D eigenvalue weighted by Crippen LogP contribution is 2.29. The molecular formula is C22H19F5N4O2S. The van der Waals surface area contributed by atoms with E-state index in [9.17, 15) is 31.0 Å². The Labute approximate surface area is 194 Å². The number of amides is 1. The minimum absolute atomic E-state index is 0.0691. The third-order valence-electron chi connectivity index (χ3n) is 5.32. The molecule has 0 saturated carbocycles. The Morgan fingerprint density at radius 3 is 2.53 bits per heavy atom. The van der Waals surface area contributed by atoms with Crippen molar-refractivity contribution < 1.29 is 31.0 Å². The number of aromatic nitrogens is 2. The fourth-order valence-electron chi connectivity index (χ4n) is 3.67. The summed E-state index contributed by atoms with van der Waals surface area (Å²) in [6.07, 6.45) is -2.10. The number of hydrogen-bond acceptors (Lipinski definition) is 3. The van der Waals surface area contributed by atoms with Crippen LogP contribution in [0.15, 0.2) is 59.8 Å². The second-order valence-corrected chi connectivity index (χ2v) is 9.15. The van der Waals surface area contributed by atoms with E-state index >= 15 is 0 Å². The third kappa shape index (κ3) is 5.33. The number of halogens is 5. The van der Waals surface area contributed by atoms with Gasteiger partial charge in [-0.25, -0.2) is 22.0 Å². The van der Waals surface area contributed by atoms with Crippen LogP contribution >= 0.6 is 0 Å². The third-order valence-corrected chi connectivity index (χ3v) is 6.86. The largest absolute Gasteiger partial charge is 0.419 e. The van der Waals surface area contributed by atoms with Crippen molar-refractivity contribution in [2.75, 3.05) is 6.54 Å². The van der Waals surface area contributed by atoms with E-state index in [0.29, 0.717) is 36.0 Å². The summed E-state index contributed by atoms with van der Waals surface area (Å²) in [5, 5.41) is 6.31. The van der Waals surface area contributed by atoms with Crippen molar-refractivity contribution in [3.8, 4) is 5.69 Å². The first kappa shape index (κ1) is 24.0. The molecule has 0 spiro atoms. The second kappa shape index (κ2) is 9.63. The average Bonchev–Trinajstić information content (AvgIpc) is 3.47. The van der Waals surface area contributed by atoms with E-state index in [4.69, 9.17) is 0 Å². The molecule has 1 aromatic heterocycles. The van der Waals surface area contributed by atoms with Crippen LogP contribution in [0, 0.1) is 11.6 Å². The zero-order valence-corrected chi connectivity index (χ0v) is 18.4. The Hall–Kier alpha value is -3.12. The van der Waals surface area contributed by atoms with Gasteiger partial charge < -0.3 is 5.32 Å². The molecule has 0 radical (unpaired) electrons. The van der Waals surface area contributed by atoms with Crippen molar-refractivity contribution in [3.05, 3.63) is 77.6 Å². The molecule has 180 valence electrons. The lowest BCUT2D eigenvalue weighted by atomic mass is 10.1. The van der Waals surface area contributed by atoms with Gasteiger partial charge >= 0.3 is 6.18 Å². The van der Waals surface area contributed by atoms with Gasteiger partial charge in [0.2, 0.25) is 5.91 Å². The van der Waals surface area contributed by atoms with E-state index in [-0.39, 0.29) is 12.2 Å². The highest BCUT2D eigenvalue weighted by atomic mass is 32.2. The predicted octanol–water partition coefficient (Wildman–Crippen LogP) is 3.97. The van der Waals surface area contributed by atoms with Crippen molar-refractivity contribution in [1.29, 1.82) is 0 Å². The standard InChI is InChI=1S/C22H19F5N4O2S/c23-16-3-5-19(6-4-16)34(33)31-7-1-2-20(31)21(32)28-11-14-8-17(24)10-18(9-14)30-13-15(12-29-30)22(25,26)27/h3-6,8-10,12-13,20H,1-2,7,11H2,(H,28,32). The van der Waals surface area contributed by atoms with Crippen LogP contribution in [0.5, 0.6) is 0 Å². The number of nitrogens with zero attached hydrogens (tertiary/aromatic N) is 3. The van der Waals surface area contributed by atoms with Gasteiger partial charge in [-0.1, -0.05) is 0 Å². The lowest BCUT2D eigenvalue weighted by Crippen LogP contribution is -2.43. The quantitative estimate of drug-likeness (QED) is 0.523. The normalized spacial score (nSPS) is 17.6. The van der Waals surface area contributed by atoms with Gasteiger partial charge in [-0.2, -0.15) is 18.3 Å². The van der Waals surface area contributed by atoms with Gasteiger partial charge in [-0.15, -0.1) is 0 Å². The number of rotatable bonds is 6. The molecule has 1 aliphatic rings. The molecule has 1 amide bonds. The maximum Gasteiger partial charge on any atom is 0.419 e. The Bertz CT molecular complexity index is 1210. The molecule has 4 rings (SSSR count). The van der Waals surface area contributed by atoms with E-state index in [1.54, 1.807) is 0 Å². The zero-order valence-electron chi connectivity index (χ0n) is 17.6. The van der Waals surface area contributed by atoms with Crippen LogP contribution in [0.4, 0.5) is 22.0 Å². The zero-order chi connectivity index (χ0) is 24.5. The fourth-order valence-corrected chi connectivity index (χ4v) is 5.04. The summed E-state index contributed by atoms with van der Waals surface area (Å²) in [7, 11) is -1.66. The van der Waals surface area contributed by atoms with E-state index in [1.807, 2.05) is 0 Å². The van der Waals surface area contributed by atoms with Crippen molar-refractivity contribution in [2.24, 2.45) is 0 Å². The van der Waals surface area contributed by atoms with Crippen LogP contribution in [0.25, 0.3) is 5.69 Å². The highest BCUT2D eigenvalue weighted by molar-refractivity contribution is 7.82. The summed E-state index contributed by atoms with van der Waals surface area (Å²) in [5.74, 6) is -1.58. The van der Waals surface area contributed by atoms with Crippen molar-refractivity contribution >= 4 is 16.9 Å². The number of carbonyl (C=O) groups excluding carboxylic acids is 1. The number of carbonyl (C=O) groups is 1. The first-order valence-electron chi connectivity index (χ1n) is 10.3. The van der Waals surface area contributed by atoms with Crippen molar-refractivity contribution in [1.82, 2.24) is 19.4 Å². The molecule has 0 aliphatic carbocycles. The van der Waals surface area contributed by atoms with E-state index in [2.05, 4.69) is 10.4 Å². The SMILES string of the molecule is O=C(NCc1cc(F)cc(-n2cc(C(F)(F)F)cn2)c1)C1CCCN1S(=O)c1ccc(F)cc1. The summed E-state index contributed by atoms with van der Waals surface area (Å²) in [6.45, 7) is 0.317. The molecule has 3 aromatic rings. The molecule has 1 fully saturated rings. The Kier molecular flexibility index (Phi) is 6.80. The summed E-state index contributed by atoms with van der Waals surface area (Å²) >= 11 is 0. The summed E-state index contributed by atoms with van der Waals surface area (Å²) in [6, 6.07) is 8.08. The van der Waals surface area contributed by atoms with Crippen LogP contribution in [-0.4, -0.2) is 36.8 Å². The maximum atomic E-state index is 14.1. The molecule has 1 N–H and O–H groups in total. The molecular weight excluding hydrogens is 479 g/mol. The van der Waals surface area contributed by atoms with Gasteiger partial charge in [0.15, 0.2) is 0 Å². The number of benzene rings is 2. The van der Waals surface area contributed by atoms with Gasteiger partial charge in [0.25, 0.3) is 0 Å². The topological polar surface area (TPSA) is 67.2 Å². The summed E-state index contributed by atoms with van der Waals surface area (Å²) in [5.41, 5.74) is -0.585. The minimum Gasteiger partial charge on any atom is -0.351 e. The van der Waals surface area contributed by atoms with Crippen LogP contribution in [0.1, 0.15) is 24.0 Å². The van der Waals surface area contributed by atoms with Crippen molar-refractivity contribution in [2.45, 2.75) is 36.5 Å². The minimum atomic E-state index is -4.58. The summed E-state index contributed by atoms with van der Waals surface area (Å²) < 4.78 is 81.0. The molecule has 6 nitrogen and oxygen atoms in total. The van der Waals surface area contributed by atoms with Crippen molar-refractivity contribution in [3.63, 3.8) is 0 Å². The summed E-state index contributed by atoms with van der Waals surface area (Å²) in [4.78, 5) is 13.2. The Balaban J connectivity index is 1.44. The first-order chi connectivity index (χ1) is 16.1. The predicted molar refractivity (Wildman–Crippen MR) is 113 cm³/mol. The number of hydrogen-bond donors (Lipinski definition) is 1. The number of nitrogens with one attached hydrogen (secondary N) is 1. The highest BCUT2D eigenvalue weighted by Gasteiger charge is 2.35. The monoisotopic (exact) mass is 498 g/mol. The molecule has 0 bridgehead atoms. The molecule has 34 heavy (non-hydrogen) atoms. The lowest BCUT2D eigenvalue weighted by Gasteiger charge is -2.22. The maximum absolute atomic E-state index is 14.1. The molecule has 2 heterocycles. The molecule has 12 heteroatoms. The number of alkyl halides is 3. The Morgan fingerprint density at radius 2 is 1.85 bits per heavy atom. The van der Waals surface area contributed by atoms with Gasteiger partial charge in [0.05, 0.1) is 22.3 Å². The van der Waals surface area contributed by atoms with Gasteiger partial charge in [0.1, 0.15) is 28.7 Å². The van der Waals surface area contributed by atoms with Crippen LogP contribution in [0.2, 0.25) is 0 Å². The Morgan fingerprint density at radius 1 is 1.12 bits per heavy atom. The van der Waals surface area contributed by atoms with Gasteiger partial charge in [-0.05, 0) is 60.9 Å². The van der Waals surface area contributed by atoms with Crippen LogP contribution < -0.4 is 5.32 Å².